The van der Waals surface area contributed by atoms with E-state index in [4.69, 9.17) is 5.73 Å². The predicted octanol–water partition coefficient (Wildman–Crippen LogP) is 0.0984. The molecule has 2 aliphatic rings. The monoisotopic (exact) mass is 253 g/mol. The molecule has 0 bridgehead atoms. The van der Waals surface area contributed by atoms with E-state index in [-0.39, 0.29) is 24.4 Å². The standard InChI is InChI=1S/C13H23N3O2/c1-9(10-2-3-10)13(18)16(8-12(14)17)11-4-6-15-7-5-11/h9-11,15H,2-8H2,1H3,(H2,14,17). The van der Waals surface area contributed by atoms with Gasteiger partial charge in [0.25, 0.3) is 0 Å². The summed E-state index contributed by atoms with van der Waals surface area (Å²) in [7, 11) is 0. The zero-order chi connectivity index (χ0) is 13.1. The third-order valence-corrected chi connectivity index (χ3v) is 4.08. The van der Waals surface area contributed by atoms with Gasteiger partial charge in [-0.2, -0.15) is 0 Å². The van der Waals surface area contributed by atoms with Gasteiger partial charge in [0.2, 0.25) is 11.8 Å². The highest BCUT2D eigenvalue weighted by Crippen LogP contribution is 2.37. The molecule has 1 heterocycles. The van der Waals surface area contributed by atoms with Crippen molar-refractivity contribution >= 4 is 11.8 Å². The molecular weight excluding hydrogens is 230 g/mol. The fourth-order valence-electron chi connectivity index (χ4n) is 2.73. The van der Waals surface area contributed by atoms with E-state index in [9.17, 15) is 9.59 Å². The lowest BCUT2D eigenvalue weighted by molar-refractivity contribution is -0.141. The number of nitrogens with one attached hydrogen (secondary N) is 1. The van der Waals surface area contributed by atoms with E-state index >= 15 is 0 Å². The van der Waals surface area contributed by atoms with Crippen molar-refractivity contribution in [3.63, 3.8) is 0 Å². The van der Waals surface area contributed by atoms with Gasteiger partial charge >= 0.3 is 0 Å². The SMILES string of the molecule is CC(C(=O)N(CC(N)=O)C1CCNCC1)C1CC1. The van der Waals surface area contributed by atoms with Crippen molar-refractivity contribution in [2.75, 3.05) is 19.6 Å². The highest BCUT2D eigenvalue weighted by Gasteiger charge is 2.37. The number of hydrogen-bond acceptors (Lipinski definition) is 3. The van der Waals surface area contributed by atoms with Gasteiger partial charge in [-0.15, -0.1) is 0 Å². The van der Waals surface area contributed by atoms with Crippen LogP contribution in [0.15, 0.2) is 0 Å². The van der Waals surface area contributed by atoms with Crippen molar-refractivity contribution in [3.8, 4) is 0 Å². The first-order chi connectivity index (χ1) is 8.59. The first-order valence-electron chi connectivity index (χ1n) is 6.89. The number of piperidine rings is 1. The highest BCUT2D eigenvalue weighted by atomic mass is 16.2. The molecule has 1 atom stereocenters. The molecule has 0 aromatic carbocycles. The van der Waals surface area contributed by atoms with E-state index in [0.29, 0.717) is 5.92 Å². The molecular formula is C13H23N3O2. The molecule has 1 unspecified atom stereocenters. The normalized spacial score (nSPS) is 22.5. The molecule has 2 fully saturated rings. The van der Waals surface area contributed by atoms with E-state index in [1.807, 2.05) is 6.92 Å². The molecule has 2 rings (SSSR count). The molecule has 0 aromatic heterocycles. The van der Waals surface area contributed by atoms with Crippen LogP contribution in [-0.2, 0) is 9.59 Å². The second-order valence-electron chi connectivity index (χ2n) is 5.54. The van der Waals surface area contributed by atoms with Crippen LogP contribution >= 0.6 is 0 Å². The van der Waals surface area contributed by atoms with Crippen LogP contribution in [0.2, 0.25) is 0 Å². The Morgan fingerprint density at radius 2 is 1.89 bits per heavy atom. The summed E-state index contributed by atoms with van der Waals surface area (Å²) < 4.78 is 0. The second-order valence-corrected chi connectivity index (χ2v) is 5.54. The van der Waals surface area contributed by atoms with Crippen LogP contribution < -0.4 is 11.1 Å². The van der Waals surface area contributed by atoms with Gasteiger partial charge in [-0.1, -0.05) is 6.92 Å². The predicted molar refractivity (Wildman–Crippen MR) is 68.7 cm³/mol. The third-order valence-electron chi connectivity index (χ3n) is 4.08. The van der Waals surface area contributed by atoms with Crippen LogP contribution in [-0.4, -0.2) is 42.4 Å². The highest BCUT2D eigenvalue weighted by molar-refractivity contribution is 5.85. The number of nitrogens with zero attached hydrogens (tertiary/aromatic N) is 1. The van der Waals surface area contributed by atoms with Gasteiger partial charge in [-0.05, 0) is 44.7 Å². The minimum atomic E-state index is -0.412. The topological polar surface area (TPSA) is 75.4 Å². The van der Waals surface area contributed by atoms with E-state index in [1.165, 1.54) is 0 Å². The molecule has 5 heteroatoms. The molecule has 3 N–H and O–H groups in total. The number of primary amides is 1. The first kappa shape index (κ1) is 13.3. The number of amides is 2. The smallest absolute Gasteiger partial charge is 0.237 e. The van der Waals surface area contributed by atoms with E-state index in [0.717, 1.165) is 38.8 Å². The second kappa shape index (κ2) is 5.69. The quantitative estimate of drug-likeness (QED) is 0.729. The Morgan fingerprint density at radius 1 is 1.28 bits per heavy atom. The fourth-order valence-corrected chi connectivity index (χ4v) is 2.73. The Hall–Kier alpha value is -1.10. The van der Waals surface area contributed by atoms with Crippen LogP contribution in [0.25, 0.3) is 0 Å². The number of carbonyl (C=O) groups excluding carboxylic acids is 2. The van der Waals surface area contributed by atoms with Gasteiger partial charge in [0.05, 0.1) is 6.54 Å². The van der Waals surface area contributed by atoms with Gasteiger partial charge in [0, 0.05) is 12.0 Å². The summed E-state index contributed by atoms with van der Waals surface area (Å²) in [6, 6.07) is 0.174. The van der Waals surface area contributed by atoms with Crippen LogP contribution in [0.3, 0.4) is 0 Å². The maximum Gasteiger partial charge on any atom is 0.237 e. The van der Waals surface area contributed by atoms with Gasteiger partial charge < -0.3 is 16.0 Å². The molecule has 0 aromatic rings. The molecule has 18 heavy (non-hydrogen) atoms. The summed E-state index contributed by atoms with van der Waals surface area (Å²) in [5.74, 6) is 0.266. The fraction of sp³-hybridized carbons (Fsp3) is 0.846. The summed E-state index contributed by atoms with van der Waals surface area (Å²) in [6.07, 6.45) is 4.11. The Balaban J connectivity index is 2.02. The zero-order valence-electron chi connectivity index (χ0n) is 11.0. The van der Waals surface area contributed by atoms with Crippen LogP contribution in [0, 0.1) is 11.8 Å². The number of nitrogens with two attached hydrogens (primary N) is 1. The van der Waals surface area contributed by atoms with E-state index < -0.39 is 5.91 Å². The maximum atomic E-state index is 12.5. The minimum Gasteiger partial charge on any atom is -0.368 e. The van der Waals surface area contributed by atoms with E-state index in [2.05, 4.69) is 5.32 Å². The summed E-state index contributed by atoms with van der Waals surface area (Å²) in [4.78, 5) is 25.4. The van der Waals surface area contributed by atoms with Gasteiger partial charge in [0.1, 0.15) is 0 Å². The van der Waals surface area contributed by atoms with Crippen molar-refractivity contribution in [1.82, 2.24) is 10.2 Å². The molecule has 5 nitrogen and oxygen atoms in total. The molecule has 1 aliphatic heterocycles. The molecule has 1 saturated heterocycles. The Morgan fingerprint density at radius 3 is 2.39 bits per heavy atom. The van der Waals surface area contributed by atoms with Crippen molar-refractivity contribution in [2.45, 2.75) is 38.6 Å². The van der Waals surface area contributed by atoms with E-state index in [1.54, 1.807) is 4.90 Å². The lowest BCUT2D eigenvalue weighted by atomic mass is 9.99. The number of rotatable bonds is 5. The van der Waals surface area contributed by atoms with Crippen molar-refractivity contribution < 1.29 is 9.59 Å². The van der Waals surface area contributed by atoms with Crippen molar-refractivity contribution in [2.24, 2.45) is 17.6 Å². The molecule has 2 amide bonds. The molecule has 1 aliphatic carbocycles. The minimum absolute atomic E-state index is 0.0410. The molecule has 0 spiro atoms. The largest absolute Gasteiger partial charge is 0.368 e. The number of carbonyl (C=O) groups is 2. The molecule has 1 saturated carbocycles. The maximum absolute atomic E-state index is 12.5. The summed E-state index contributed by atoms with van der Waals surface area (Å²) in [5, 5.41) is 3.27. The van der Waals surface area contributed by atoms with Gasteiger partial charge in [0.15, 0.2) is 0 Å². The third kappa shape index (κ3) is 3.22. The van der Waals surface area contributed by atoms with Gasteiger partial charge in [-0.25, -0.2) is 0 Å². The Kier molecular flexibility index (Phi) is 4.22. The summed E-state index contributed by atoms with van der Waals surface area (Å²) in [6.45, 7) is 3.87. The molecule has 0 radical (unpaired) electrons. The summed E-state index contributed by atoms with van der Waals surface area (Å²) in [5.41, 5.74) is 5.28. The van der Waals surface area contributed by atoms with Gasteiger partial charge in [-0.3, -0.25) is 9.59 Å². The lowest BCUT2D eigenvalue weighted by Crippen LogP contribution is -2.51. The van der Waals surface area contributed by atoms with Crippen LogP contribution in [0.4, 0.5) is 0 Å². The van der Waals surface area contributed by atoms with Crippen LogP contribution in [0.1, 0.15) is 32.6 Å². The van der Waals surface area contributed by atoms with Crippen LogP contribution in [0.5, 0.6) is 0 Å². The Bertz CT molecular complexity index is 322. The van der Waals surface area contributed by atoms with Crippen molar-refractivity contribution in [1.29, 1.82) is 0 Å². The van der Waals surface area contributed by atoms with Crippen molar-refractivity contribution in [3.05, 3.63) is 0 Å². The zero-order valence-corrected chi connectivity index (χ0v) is 11.0. The Labute approximate surface area is 108 Å². The average molecular weight is 253 g/mol. The molecule has 102 valence electrons. The number of hydrogen-bond donors (Lipinski definition) is 2. The first-order valence-corrected chi connectivity index (χ1v) is 6.89. The lowest BCUT2D eigenvalue weighted by Gasteiger charge is -2.35. The average Bonchev–Trinajstić information content (AvgIpc) is 3.19. The summed E-state index contributed by atoms with van der Waals surface area (Å²) >= 11 is 0.